The van der Waals surface area contributed by atoms with Crippen molar-refractivity contribution in [2.75, 3.05) is 26.2 Å². The minimum Gasteiger partial charge on any atom is -0.469 e. The molecule has 1 aromatic rings. The van der Waals surface area contributed by atoms with E-state index in [1.54, 1.807) is 6.26 Å². The summed E-state index contributed by atoms with van der Waals surface area (Å²) >= 11 is 0. The Balaban J connectivity index is 1.89. The van der Waals surface area contributed by atoms with Gasteiger partial charge in [-0.15, -0.1) is 0 Å². The Labute approximate surface area is 120 Å². The monoisotopic (exact) mass is 279 g/mol. The zero-order valence-electron chi connectivity index (χ0n) is 12.4. The second-order valence-electron chi connectivity index (χ2n) is 5.30. The molecule has 2 unspecified atom stereocenters. The molecule has 20 heavy (non-hydrogen) atoms. The lowest BCUT2D eigenvalue weighted by Crippen LogP contribution is -2.40. The topological polar surface area (TPSA) is 61.0 Å². The minimum absolute atomic E-state index is 0.244. The summed E-state index contributed by atoms with van der Waals surface area (Å²) in [5.41, 5.74) is 0. The number of rotatable bonds is 5. The van der Waals surface area contributed by atoms with Gasteiger partial charge >= 0.3 is 0 Å². The number of aliphatic imine (C=N–C) groups is 1. The van der Waals surface area contributed by atoms with Crippen molar-refractivity contribution >= 4 is 5.96 Å². The number of hydrogen-bond acceptors (Lipinski definition) is 3. The molecule has 0 aliphatic carbocycles. The fourth-order valence-corrected chi connectivity index (χ4v) is 2.53. The van der Waals surface area contributed by atoms with Gasteiger partial charge in [0.1, 0.15) is 5.76 Å². The van der Waals surface area contributed by atoms with Crippen LogP contribution in [-0.4, -0.2) is 48.2 Å². The molecule has 5 heteroatoms. The van der Waals surface area contributed by atoms with Gasteiger partial charge in [0, 0.05) is 38.5 Å². The highest BCUT2D eigenvalue weighted by atomic mass is 16.3. The first-order chi connectivity index (χ1) is 9.70. The predicted molar refractivity (Wildman–Crippen MR) is 79.8 cm³/mol. The first-order valence-electron chi connectivity index (χ1n) is 7.44. The molecule has 2 atom stereocenters. The van der Waals surface area contributed by atoms with Gasteiger partial charge in [0.05, 0.1) is 12.4 Å². The van der Waals surface area contributed by atoms with Crippen LogP contribution in [0.3, 0.4) is 0 Å². The van der Waals surface area contributed by atoms with Crippen molar-refractivity contribution in [2.24, 2.45) is 10.9 Å². The fourth-order valence-electron chi connectivity index (χ4n) is 2.53. The van der Waals surface area contributed by atoms with Crippen LogP contribution in [0.2, 0.25) is 0 Å². The molecule has 2 N–H and O–H groups in total. The van der Waals surface area contributed by atoms with Crippen LogP contribution < -0.4 is 5.32 Å². The summed E-state index contributed by atoms with van der Waals surface area (Å²) in [6.45, 7) is 7.35. The number of furan rings is 1. The Morgan fingerprint density at radius 3 is 3.10 bits per heavy atom. The van der Waals surface area contributed by atoms with Gasteiger partial charge in [-0.3, -0.25) is 4.99 Å². The number of aliphatic hydroxyl groups is 1. The molecule has 2 heterocycles. The van der Waals surface area contributed by atoms with Gasteiger partial charge in [-0.2, -0.15) is 0 Å². The quantitative estimate of drug-likeness (QED) is 0.633. The van der Waals surface area contributed by atoms with Crippen molar-refractivity contribution in [1.82, 2.24) is 10.2 Å². The van der Waals surface area contributed by atoms with Crippen LogP contribution in [0.15, 0.2) is 27.8 Å². The number of nitrogens with one attached hydrogen (secondary N) is 1. The van der Waals surface area contributed by atoms with Crippen LogP contribution in [0.5, 0.6) is 0 Å². The average molecular weight is 279 g/mol. The first kappa shape index (κ1) is 14.9. The largest absolute Gasteiger partial charge is 0.469 e. The van der Waals surface area contributed by atoms with Crippen molar-refractivity contribution in [3.05, 3.63) is 24.2 Å². The Morgan fingerprint density at radius 2 is 2.50 bits per heavy atom. The maximum Gasteiger partial charge on any atom is 0.193 e. The number of nitrogens with zero attached hydrogens (tertiary/aromatic N) is 2. The molecule has 112 valence electrons. The molecule has 0 aromatic carbocycles. The van der Waals surface area contributed by atoms with Crippen molar-refractivity contribution in [2.45, 2.75) is 32.8 Å². The number of hydrogen-bond donors (Lipinski definition) is 2. The van der Waals surface area contributed by atoms with E-state index in [9.17, 15) is 5.11 Å². The molecule has 1 fully saturated rings. The van der Waals surface area contributed by atoms with E-state index in [1.807, 2.05) is 19.1 Å². The van der Waals surface area contributed by atoms with Crippen molar-refractivity contribution < 1.29 is 9.52 Å². The summed E-state index contributed by atoms with van der Waals surface area (Å²) in [6.07, 6.45) is 3.29. The van der Waals surface area contributed by atoms with Gasteiger partial charge in [0.2, 0.25) is 0 Å². The van der Waals surface area contributed by atoms with Crippen LogP contribution in [-0.2, 0) is 6.42 Å². The maximum absolute atomic E-state index is 9.68. The minimum atomic E-state index is -0.244. The first-order valence-corrected chi connectivity index (χ1v) is 7.44. The van der Waals surface area contributed by atoms with E-state index in [4.69, 9.17) is 4.42 Å². The van der Waals surface area contributed by atoms with Gasteiger partial charge in [-0.1, -0.05) is 0 Å². The van der Waals surface area contributed by atoms with Gasteiger partial charge in [-0.25, -0.2) is 0 Å². The number of likely N-dealkylation sites (tertiary alicyclic amines) is 1. The zero-order chi connectivity index (χ0) is 14.4. The Morgan fingerprint density at radius 1 is 1.65 bits per heavy atom. The molecule has 1 aliphatic heterocycles. The van der Waals surface area contributed by atoms with Crippen LogP contribution in [0.25, 0.3) is 0 Å². The lowest BCUT2D eigenvalue weighted by Gasteiger charge is -2.22. The van der Waals surface area contributed by atoms with Crippen LogP contribution in [0, 0.1) is 5.92 Å². The molecular weight excluding hydrogens is 254 g/mol. The predicted octanol–water partition coefficient (Wildman–Crippen LogP) is 1.49. The Bertz CT molecular complexity index is 415. The molecule has 0 saturated carbocycles. The van der Waals surface area contributed by atoms with E-state index in [0.717, 1.165) is 44.2 Å². The second kappa shape index (κ2) is 7.33. The van der Waals surface area contributed by atoms with Gasteiger partial charge in [0.15, 0.2) is 5.96 Å². The van der Waals surface area contributed by atoms with E-state index in [2.05, 4.69) is 22.1 Å². The third-order valence-corrected chi connectivity index (χ3v) is 3.74. The lowest BCUT2D eigenvalue weighted by atomic mass is 10.0. The van der Waals surface area contributed by atoms with Gasteiger partial charge in [-0.05, 0) is 32.4 Å². The van der Waals surface area contributed by atoms with E-state index >= 15 is 0 Å². The maximum atomic E-state index is 9.68. The zero-order valence-corrected chi connectivity index (χ0v) is 12.4. The van der Waals surface area contributed by atoms with E-state index in [1.165, 1.54) is 0 Å². The highest BCUT2D eigenvalue weighted by Crippen LogP contribution is 2.19. The molecule has 1 aliphatic rings. The van der Waals surface area contributed by atoms with Gasteiger partial charge < -0.3 is 19.7 Å². The molecular formula is C15H25N3O2. The van der Waals surface area contributed by atoms with E-state index in [0.29, 0.717) is 12.5 Å². The SMILES string of the molecule is CCNC(=NCCc1ccco1)N1CCC(C(C)O)C1. The molecule has 0 spiro atoms. The third-order valence-electron chi connectivity index (χ3n) is 3.74. The fraction of sp³-hybridized carbons (Fsp3) is 0.667. The standard InChI is InChI=1S/C15H25N3O2/c1-3-16-15(17-8-6-14-5-4-10-20-14)18-9-7-13(11-18)12(2)19/h4-5,10,12-13,19H,3,6-9,11H2,1-2H3,(H,16,17). The third kappa shape index (κ3) is 4.00. The van der Waals surface area contributed by atoms with Crippen LogP contribution >= 0.6 is 0 Å². The number of aliphatic hydroxyl groups excluding tert-OH is 1. The van der Waals surface area contributed by atoms with Gasteiger partial charge in [0.25, 0.3) is 0 Å². The smallest absolute Gasteiger partial charge is 0.193 e. The molecule has 5 nitrogen and oxygen atoms in total. The van der Waals surface area contributed by atoms with Crippen molar-refractivity contribution in [3.63, 3.8) is 0 Å². The summed E-state index contributed by atoms with van der Waals surface area (Å²) in [6, 6.07) is 3.87. The molecule has 1 aromatic heterocycles. The van der Waals surface area contributed by atoms with Crippen molar-refractivity contribution in [3.8, 4) is 0 Å². The van der Waals surface area contributed by atoms with Crippen LogP contribution in [0.4, 0.5) is 0 Å². The average Bonchev–Trinajstić information content (AvgIpc) is 3.09. The number of guanidine groups is 1. The summed E-state index contributed by atoms with van der Waals surface area (Å²) in [4.78, 5) is 6.89. The summed E-state index contributed by atoms with van der Waals surface area (Å²) in [5.74, 6) is 2.26. The summed E-state index contributed by atoms with van der Waals surface area (Å²) in [7, 11) is 0. The normalized spacial score (nSPS) is 21.2. The second-order valence-corrected chi connectivity index (χ2v) is 5.30. The lowest BCUT2D eigenvalue weighted by molar-refractivity contribution is 0.132. The summed E-state index contributed by atoms with van der Waals surface area (Å²) in [5, 5.41) is 13.0. The molecule has 0 amide bonds. The highest BCUT2D eigenvalue weighted by molar-refractivity contribution is 5.80. The van der Waals surface area contributed by atoms with Crippen molar-refractivity contribution in [1.29, 1.82) is 0 Å². The molecule has 0 bridgehead atoms. The molecule has 1 saturated heterocycles. The molecule has 0 radical (unpaired) electrons. The summed E-state index contributed by atoms with van der Waals surface area (Å²) < 4.78 is 5.31. The Kier molecular flexibility index (Phi) is 5.47. The van der Waals surface area contributed by atoms with E-state index in [-0.39, 0.29) is 6.10 Å². The highest BCUT2D eigenvalue weighted by Gasteiger charge is 2.27. The van der Waals surface area contributed by atoms with Crippen LogP contribution in [0.1, 0.15) is 26.0 Å². The van der Waals surface area contributed by atoms with E-state index < -0.39 is 0 Å². The molecule has 2 rings (SSSR count). The Hall–Kier alpha value is -1.49.